The molecule has 0 aliphatic rings. The van der Waals surface area contributed by atoms with E-state index >= 15 is 0 Å². The van der Waals surface area contributed by atoms with Gasteiger partial charge in [0, 0.05) is 17.8 Å². The van der Waals surface area contributed by atoms with E-state index in [-0.39, 0.29) is 11.2 Å². The number of carbonyl (C=O) groups excluding carboxylic acids is 1. The van der Waals surface area contributed by atoms with Gasteiger partial charge in [0.25, 0.3) is 0 Å². The van der Waals surface area contributed by atoms with E-state index in [0.717, 1.165) is 21.1 Å². The van der Waals surface area contributed by atoms with Gasteiger partial charge in [-0.2, -0.15) is 0 Å². The molecule has 2 heterocycles. The highest BCUT2D eigenvalue weighted by molar-refractivity contribution is 7.14. The molecule has 0 bridgehead atoms. The zero-order chi connectivity index (χ0) is 14.8. The number of hydrogen-bond donors (Lipinski definition) is 0. The average Bonchev–Trinajstić information content (AvgIpc) is 2.79. The highest BCUT2D eigenvalue weighted by atomic mass is 32.1. The molecule has 0 aliphatic heterocycles. The van der Waals surface area contributed by atoms with Crippen molar-refractivity contribution >= 4 is 23.2 Å². The zero-order valence-corrected chi connectivity index (χ0v) is 13.0. The minimum absolute atomic E-state index is 0.000599. The van der Waals surface area contributed by atoms with Gasteiger partial charge in [0.05, 0.1) is 15.6 Å². The van der Waals surface area contributed by atoms with Crippen LogP contribution in [0.4, 0.5) is 0 Å². The number of pyridine rings is 1. The van der Waals surface area contributed by atoms with Crippen molar-refractivity contribution in [2.75, 3.05) is 0 Å². The molecule has 2 aromatic rings. The third-order valence-electron chi connectivity index (χ3n) is 2.77. The Hall–Kier alpha value is -1.81. The van der Waals surface area contributed by atoms with Crippen LogP contribution < -0.4 is 0 Å². The van der Waals surface area contributed by atoms with E-state index < -0.39 is 0 Å². The molecule has 0 atom stereocenters. The van der Waals surface area contributed by atoms with Gasteiger partial charge in [-0.05, 0) is 30.7 Å². The van der Waals surface area contributed by atoms with Crippen LogP contribution >= 0.6 is 11.3 Å². The van der Waals surface area contributed by atoms with Gasteiger partial charge in [-0.25, -0.2) is 4.98 Å². The monoisotopic (exact) mass is 286 g/mol. The van der Waals surface area contributed by atoms with E-state index in [4.69, 9.17) is 0 Å². The Morgan fingerprint density at radius 3 is 2.65 bits per heavy atom. The van der Waals surface area contributed by atoms with Crippen LogP contribution in [-0.2, 0) is 5.41 Å². The first-order valence-corrected chi connectivity index (χ1v) is 7.30. The van der Waals surface area contributed by atoms with Crippen molar-refractivity contribution in [2.24, 2.45) is 0 Å². The summed E-state index contributed by atoms with van der Waals surface area (Å²) >= 11 is 1.48. The molecule has 0 fully saturated rings. The maximum atomic E-state index is 12.2. The molecular formula is C16H18N2OS. The molecule has 2 rings (SSSR count). The molecule has 0 amide bonds. The fourth-order valence-electron chi connectivity index (χ4n) is 1.67. The Morgan fingerprint density at radius 1 is 1.35 bits per heavy atom. The van der Waals surface area contributed by atoms with Crippen LogP contribution in [0.1, 0.15) is 46.7 Å². The molecule has 3 nitrogen and oxygen atoms in total. The lowest BCUT2D eigenvalue weighted by Crippen LogP contribution is -2.10. The molecule has 4 heteroatoms. The number of hydrogen-bond acceptors (Lipinski definition) is 4. The lowest BCUT2D eigenvalue weighted by molar-refractivity contribution is 0.105. The molecule has 104 valence electrons. The second kappa shape index (κ2) is 5.67. The van der Waals surface area contributed by atoms with Gasteiger partial charge in [-0.15, -0.1) is 11.3 Å². The first kappa shape index (κ1) is 14.6. The topological polar surface area (TPSA) is 42.9 Å². The van der Waals surface area contributed by atoms with E-state index in [9.17, 15) is 4.79 Å². The van der Waals surface area contributed by atoms with Crippen molar-refractivity contribution in [1.82, 2.24) is 9.97 Å². The molecule has 0 saturated heterocycles. The van der Waals surface area contributed by atoms with Gasteiger partial charge >= 0.3 is 0 Å². The molecule has 20 heavy (non-hydrogen) atoms. The van der Waals surface area contributed by atoms with Gasteiger partial charge < -0.3 is 0 Å². The fourth-order valence-corrected chi connectivity index (χ4v) is 2.71. The standard InChI is InChI=1S/C16H18N2OS/c1-11-14(20-15(18-11)16(2,3)4)13(19)8-7-12-6-5-9-17-10-12/h5-10H,1-4H3/b8-7+. The highest BCUT2D eigenvalue weighted by Crippen LogP contribution is 2.29. The lowest BCUT2D eigenvalue weighted by atomic mass is 9.98. The first-order chi connectivity index (χ1) is 9.38. The normalized spacial score (nSPS) is 12.0. The molecule has 0 saturated carbocycles. The van der Waals surface area contributed by atoms with Crippen molar-refractivity contribution in [3.63, 3.8) is 0 Å². The molecule has 0 unspecified atom stereocenters. The van der Waals surface area contributed by atoms with E-state index in [1.54, 1.807) is 24.5 Å². The van der Waals surface area contributed by atoms with Crippen LogP contribution in [0.3, 0.4) is 0 Å². The van der Waals surface area contributed by atoms with E-state index in [1.165, 1.54) is 11.3 Å². The number of allylic oxidation sites excluding steroid dienone is 1. The Balaban J connectivity index is 2.22. The van der Waals surface area contributed by atoms with Crippen molar-refractivity contribution in [3.05, 3.63) is 51.7 Å². The van der Waals surface area contributed by atoms with Crippen molar-refractivity contribution < 1.29 is 4.79 Å². The number of carbonyl (C=O) groups is 1. The smallest absolute Gasteiger partial charge is 0.197 e. The molecule has 0 spiro atoms. The van der Waals surface area contributed by atoms with Crippen LogP contribution in [0.2, 0.25) is 0 Å². The van der Waals surface area contributed by atoms with Crippen LogP contribution in [0.5, 0.6) is 0 Å². The summed E-state index contributed by atoms with van der Waals surface area (Å²) < 4.78 is 0. The third-order valence-corrected chi connectivity index (χ3v) is 4.37. The summed E-state index contributed by atoms with van der Waals surface area (Å²) in [5.41, 5.74) is 1.70. The fraction of sp³-hybridized carbons (Fsp3) is 0.312. The quantitative estimate of drug-likeness (QED) is 0.631. The van der Waals surface area contributed by atoms with Crippen molar-refractivity contribution in [3.8, 4) is 0 Å². The van der Waals surface area contributed by atoms with Gasteiger partial charge in [-0.3, -0.25) is 9.78 Å². The predicted octanol–water partition coefficient (Wildman–Crippen LogP) is 4.04. The lowest BCUT2D eigenvalue weighted by Gasteiger charge is -2.13. The first-order valence-electron chi connectivity index (χ1n) is 6.48. The second-order valence-corrected chi connectivity index (χ2v) is 6.67. The Bertz CT molecular complexity index is 636. The summed E-state index contributed by atoms with van der Waals surface area (Å²) in [7, 11) is 0. The van der Waals surface area contributed by atoms with E-state index in [2.05, 4.69) is 30.7 Å². The number of nitrogens with zero attached hydrogens (tertiary/aromatic N) is 2. The number of aryl methyl sites for hydroxylation is 1. The van der Waals surface area contributed by atoms with Crippen LogP contribution in [0, 0.1) is 6.92 Å². The Kier molecular flexibility index (Phi) is 4.14. The van der Waals surface area contributed by atoms with Crippen LogP contribution in [0.25, 0.3) is 6.08 Å². The molecular weight excluding hydrogens is 268 g/mol. The minimum Gasteiger partial charge on any atom is -0.288 e. The van der Waals surface area contributed by atoms with Gasteiger partial charge in [-0.1, -0.05) is 26.8 Å². The summed E-state index contributed by atoms with van der Waals surface area (Å²) in [6, 6.07) is 3.76. The second-order valence-electron chi connectivity index (χ2n) is 5.67. The van der Waals surface area contributed by atoms with Gasteiger partial charge in [0.1, 0.15) is 0 Å². The predicted molar refractivity (Wildman–Crippen MR) is 83.2 cm³/mol. The maximum Gasteiger partial charge on any atom is 0.197 e. The molecule has 0 aromatic carbocycles. The SMILES string of the molecule is Cc1nc(C(C)(C)C)sc1C(=O)/C=C/c1cccnc1. The van der Waals surface area contributed by atoms with E-state index in [1.807, 2.05) is 19.1 Å². The largest absolute Gasteiger partial charge is 0.288 e. The number of thiazole rings is 1. The zero-order valence-electron chi connectivity index (χ0n) is 12.2. The van der Waals surface area contributed by atoms with Crippen LogP contribution in [-0.4, -0.2) is 15.8 Å². The summed E-state index contributed by atoms with van der Waals surface area (Å²) in [5, 5.41) is 0.994. The van der Waals surface area contributed by atoms with Gasteiger partial charge in [0.15, 0.2) is 5.78 Å². The molecule has 2 aromatic heterocycles. The average molecular weight is 286 g/mol. The van der Waals surface area contributed by atoms with E-state index in [0.29, 0.717) is 0 Å². The van der Waals surface area contributed by atoms with Crippen molar-refractivity contribution in [1.29, 1.82) is 0 Å². The number of aromatic nitrogens is 2. The summed E-state index contributed by atoms with van der Waals surface area (Å²) in [4.78, 5) is 21.5. The Morgan fingerprint density at radius 2 is 2.10 bits per heavy atom. The molecule has 0 N–H and O–H groups in total. The minimum atomic E-state index is -0.0268. The highest BCUT2D eigenvalue weighted by Gasteiger charge is 2.22. The molecule has 0 aliphatic carbocycles. The summed E-state index contributed by atoms with van der Waals surface area (Å²) in [6.45, 7) is 8.19. The molecule has 0 radical (unpaired) electrons. The number of ketones is 1. The number of rotatable bonds is 3. The maximum absolute atomic E-state index is 12.2. The third kappa shape index (κ3) is 3.39. The van der Waals surface area contributed by atoms with Gasteiger partial charge in [0.2, 0.25) is 0 Å². The Labute approximate surface area is 123 Å². The van der Waals surface area contributed by atoms with Crippen molar-refractivity contribution in [2.45, 2.75) is 33.1 Å². The summed E-state index contributed by atoms with van der Waals surface area (Å²) in [5.74, 6) is -0.000599. The van der Waals surface area contributed by atoms with Crippen LogP contribution in [0.15, 0.2) is 30.6 Å². The summed E-state index contributed by atoms with van der Waals surface area (Å²) in [6.07, 6.45) is 6.81.